The fraction of sp³-hybridized carbons (Fsp3) is 1.00. The third-order valence-corrected chi connectivity index (χ3v) is 1.98. The Morgan fingerprint density at radius 1 is 1.00 bits per heavy atom. The first-order chi connectivity index (χ1) is 4.09. The van der Waals surface area contributed by atoms with Crippen LogP contribution in [-0.4, -0.2) is 6.54 Å². The highest BCUT2D eigenvalue weighted by atomic mass is 19.0. The molecule has 2 N–H and O–H groups in total. The molecule has 64 valence electrons. The quantitative estimate of drug-likeness (QED) is 0.652. The molecular weight excluding hydrogens is 129 g/mol. The molecule has 0 aromatic carbocycles. The fourth-order valence-corrected chi connectivity index (χ4v) is 1.31. The molecule has 0 saturated heterocycles. The van der Waals surface area contributed by atoms with Crippen LogP contribution in [0.1, 0.15) is 27.7 Å². The van der Waals surface area contributed by atoms with Gasteiger partial charge in [0.05, 0.1) is 0 Å². The largest absolute Gasteiger partial charge is 0.330 e. The molecule has 0 aliphatic heterocycles. The molecule has 0 aliphatic carbocycles. The van der Waals surface area contributed by atoms with E-state index in [0.29, 0.717) is 5.92 Å². The topological polar surface area (TPSA) is 26.0 Å². The van der Waals surface area contributed by atoms with Crippen molar-refractivity contribution in [2.75, 3.05) is 6.54 Å². The molecule has 0 fully saturated rings. The SMILES string of the molecule is CC(C)C(CN)C(C)C.F. The Kier molecular flexibility index (Phi) is 7.10. The van der Waals surface area contributed by atoms with Crippen LogP contribution in [0.3, 0.4) is 0 Å². The van der Waals surface area contributed by atoms with Gasteiger partial charge in [-0.2, -0.15) is 0 Å². The van der Waals surface area contributed by atoms with Crippen LogP contribution >= 0.6 is 0 Å². The van der Waals surface area contributed by atoms with Crippen LogP contribution in [0.5, 0.6) is 0 Å². The van der Waals surface area contributed by atoms with E-state index in [-0.39, 0.29) is 4.70 Å². The van der Waals surface area contributed by atoms with Gasteiger partial charge in [0.1, 0.15) is 0 Å². The maximum absolute atomic E-state index is 5.57. The molecule has 0 bridgehead atoms. The third kappa shape index (κ3) is 3.83. The van der Waals surface area contributed by atoms with Gasteiger partial charge in [-0.25, -0.2) is 0 Å². The zero-order valence-corrected chi connectivity index (χ0v) is 7.42. The van der Waals surface area contributed by atoms with Crippen molar-refractivity contribution >= 4 is 0 Å². The molecule has 0 heterocycles. The van der Waals surface area contributed by atoms with E-state index in [2.05, 4.69) is 27.7 Å². The van der Waals surface area contributed by atoms with Gasteiger partial charge in [-0.1, -0.05) is 27.7 Å². The van der Waals surface area contributed by atoms with Crippen LogP contribution in [0.15, 0.2) is 0 Å². The summed E-state index contributed by atoms with van der Waals surface area (Å²) in [5, 5.41) is 0. The summed E-state index contributed by atoms with van der Waals surface area (Å²) in [6.45, 7) is 9.76. The Hall–Kier alpha value is -0.110. The van der Waals surface area contributed by atoms with Crippen LogP contribution in [0, 0.1) is 17.8 Å². The summed E-state index contributed by atoms with van der Waals surface area (Å²) in [5.41, 5.74) is 5.57. The van der Waals surface area contributed by atoms with Gasteiger partial charge in [-0.15, -0.1) is 0 Å². The van der Waals surface area contributed by atoms with Gasteiger partial charge in [-0.05, 0) is 24.3 Å². The van der Waals surface area contributed by atoms with E-state index in [9.17, 15) is 0 Å². The van der Waals surface area contributed by atoms with Gasteiger partial charge in [0, 0.05) is 0 Å². The van der Waals surface area contributed by atoms with Crippen molar-refractivity contribution in [1.82, 2.24) is 0 Å². The average Bonchev–Trinajstić information content (AvgIpc) is 1.64. The molecular formula is C8H20FN. The molecule has 0 amide bonds. The Morgan fingerprint density at radius 3 is 1.30 bits per heavy atom. The highest BCUT2D eigenvalue weighted by Gasteiger charge is 2.14. The van der Waals surface area contributed by atoms with Crippen molar-refractivity contribution in [3.05, 3.63) is 0 Å². The second kappa shape index (κ2) is 5.66. The molecule has 0 aliphatic rings. The smallest absolute Gasteiger partial charge is 0.00440 e. The van der Waals surface area contributed by atoms with E-state index in [4.69, 9.17) is 5.73 Å². The summed E-state index contributed by atoms with van der Waals surface area (Å²) in [4.78, 5) is 0. The van der Waals surface area contributed by atoms with Crippen molar-refractivity contribution in [2.45, 2.75) is 27.7 Å². The Morgan fingerprint density at radius 2 is 1.30 bits per heavy atom. The van der Waals surface area contributed by atoms with E-state index in [0.717, 1.165) is 18.4 Å². The minimum Gasteiger partial charge on any atom is -0.330 e. The lowest BCUT2D eigenvalue weighted by molar-refractivity contribution is 0.297. The second-order valence-corrected chi connectivity index (χ2v) is 3.39. The summed E-state index contributed by atoms with van der Waals surface area (Å²) < 4.78 is 0. The summed E-state index contributed by atoms with van der Waals surface area (Å²) in [5.74, 6) is 2.16. The lowest BCUT2D eigenvalue weighted by Crippen LogP contribution is -2.24. The molecule has 0 rings (SSSR count). The summed E-state index contributed by atoms with van der Waals surface area (Å²) >= 11 is 0. The first-order valence-electron chi connectivity index (χ1n) is 3.79. The Balaban J connectivity index is 0. The minimum atomic E-state index is 0. The summed E-state index contributed by atoms with van der Waals surface area (Å²) in [6, 6.07) is 0. The number of rotatable bonds is 3. The molecule has 2 heteroatoms. The number of halogens is 1. The number of hydrogen-bond acceptors (Lipinski definition) is 1. The number of nitrogens with two attached hydrogens (primary N) is 1. The van der Waals surface area contributed by atoms with E-state index in [1.165, 1.54) is 0 Å². The van der Waals surface area contributed by atoms with E-state index < -0.39 is 0 Å². The third-order valence-electron chi connectivity index (χ3n) is 1.98. The fourth-order valence-electron chi connectivity index (χ4n) is 1.31. The van der Waals surface area contributed by atoms with E-state index in [1.54, 1.807) is 0 Å². The first-order valence-corrected chi connectivity index (χ1v) is 3.79. The van der Waals surface area contributed by atoms with E-state index >= 15 is 0 Å². The highest BCUT2D eigenvalue weighted by Crippen LogP contribution is 2.18. The minimum absolute atomic E-state index is 0. The highest BCUT2D eigenvalue weighted by molar-refractivity contribution is 4.66. The molecule has 0 spiro atoms. The van der Waals surface area contributed by atoms with Gasteiger partial charge >= 0.3 is 0 Å². The molecule has 0 radical (unpaired) electrons. The molecule has 10 heavy (non-hydrogen) atoms. The van der Waals surface area contributed by atoms with Crippen molar-refractivity contribution in [1.29, 1.82) is 0 Å². The maximum atomic E-state index is 5.57. The second-order valence-electron chi connectivity index (χ2n) is 3.39. The molecule has 1 nitrogen and oxygen atoms in total. The van der Waals surface area contributed by atoms with Crippen molar-refractivity contribution in [2.24, 2.45) is 23.5 Å². The Bertz CT molecular complexity index is 63.7. The number of hydrogen-bond donors (Lipinski definition) is 1. The zero-order valence-electron chi connectivity index (χ0n) is 7.42. The predicted molar refractivity (Wildman–Crippen MR) is 44.7 cm³/mol. The Labute approximate surface area is 63.4 Å². The van der Waals surface area contributed by atoms with Crippen LogP contribution in [-0.2, 0) is 0 Å². The predicted octanol–water partition coefficient (Wildman–Crippen LogP) is 2.03. The molecule has 0 aromatic heterocycles. The lowest BCUT2D eigenvalue weighted by atomic mass is 9.86. The summed E-state index contributed by atoms with van der Waals surface area (Å²) in [6.07, 6.45) is 0. The van der Waals surface area contributed by atoms with Gasteiger partial charge in [0.2, 0.25) is 0 Å². The van der Waals surface area contributed by atoms with Crippen LogP contribution < -0.4 is 5.73 Å². The molecule has 0 unspecified atom stereocenters. The molecule has 0 saturated carbocycles. The standard InChI is InChI=1S/C8H19N.FH/c1-6(2)8(5-9)7(3)4;/h6-8H,5,9H2,1-4H3;1H. The molecule has 0 aromatic rings. The monoisotopic (exact) mass is 149 g/mol. The lowest BCUT2D eigenvalue weighted by Gasteiger charge is -2.22. The van der Waals surface area contributed by atoms with Gasteiger partial charge in [0.25, 0.3) is 0 Å². The molecule has 0 atom stereocenters. The van der Waals surface area contributed by atoms with Crippen LogP contribution in [0.4, 0.5) is 4.70 Å². The van der Waals surface area contributed by atoms with Crippen molar-refractivity contribution < 1.29 is 4.70 Å². The van der Waals surface area contributed by atoms with Crippen molar-refractivity contribution in [3.8, 4) is 0 Å². The van der Waals surface area contributed by atoms with Crippen LogP contribution in [0.2, 0.25) is 0 Å². The van der Waals surface area contributed by atoms with Crippen LogP contribution in [0.25, 0.3) is 0 Å². The maximum Gasteiger partial charge on any atom is -0.00440 e. The summed E-state index contributed by atoms with van der Waals surface area (Å²) in [7, 11) is 0. The normalized spacial score (nSPS) is 10.8. The first kappa shape index (κ1) is 12.6. The average molecular weight is 149 g/mol. The van der Waals surface area contributed by atoms with Gasteiger partial charge < -0.3 is 5.73 Å². The van der Waals surface area contributed by atoms with Gasteiger partial charge in [0.15, 0.2) is 0 Å². The van der Waals surface area contributed by atoms with Crippen molar-refractivity contribution in [3.63, 3.8) is 0 Å². The van der Waals surface area contributed by atoms with E-state index in [1.807, 2.05) is 0 Å². The van der Waals surface area contributed by atoms with Gasteiger partial charge in [-0.3, -0.25) is 4.70 Å². The zero-order chi connectivity index (χ0) is 7.44.